The molecular formula is C14H14F3N. The largest absolute Gasteiger partial charge is 0.416 e. The lowest BCUT2D eigenvalue weighted by Gasteiger charge is -2.25. The van der Waals surface area contributed by atoms with Crippen LogP contribution in [0, 0.1) is 11.8 Å². The van der Waals surface area contributed by atoms with Gasteiger partial charge in [0.25, 0.3) is 0 Å². The van der Waals surface area contributed by atoms with E-state index in [1.165, 1.54) is 0 Å². The molecule has 1 saturated carbocycles. The third kappa shape index (κ3) is 1.75. The van der Waals surface area contributed by atoms with E-state index in [1.54, 1.807) is 12.1 Å². The fraction of sp³-hybridized carbons (Fsp3) is 0.429. The van der Waals surface area contributed by atoms with Crippen molar-refractivity contribution in [2.24, 2.45) is 17.6 Å². The van der Waals surface area contributed by atoms with Crippen molar-refractivity contribution >= 4 is 0 Å². The molecule has 0 aromatic heterocycles. The molecule has 2 N–H and O–H groups in total. The first-order valence-corrected chi connectivity index (χ1v) is 6.08. The third-order valence-corrected chi connectivity index (χ3v) is 4.14. The number of nitrogens with two attached hydrogens (primary N) is 1. The van der Waals surface area contributed by atoms with Gasteiger partial charge in [-0.05, 0) is 36.0 Å². The summed E-state index contributed by atoms with van der Waals surface area (Å²) < 4.78 is 37.5. The highest BCUT2D eigenvalue weighted by Gasteiger charge is 2.43. The van der Waals surface area contributed by atoms with Gasteiger partial charge in [0.15, 0.2) is 0 Å². The van der Waals surface area contributed by atoms with Crippen molar-refractivity contribution in [3.05, 3.63) is 47.5 Å². The fourth-order valence-corrected chi connectivity index (χ4v) is 3.22. The predicted octanol–water partition coefficient (Wildman–Crippen LogP) is 3.32. The van der Waals surface area contributed by atoms with Crippen molar-refractivity contribution in [1.29, 1.82) is 0 Å². The molecule has 1 unspecified atom stereocenters. The van der Waals surface area contributed by atoms with Crippen LogP contribution in [-0.4, -0.2) is 6.04 Å². The topological polar surface area (TPSA) is 26.0 Å². The van der Waals surface area contributed by atoms with Gasteiger partial charge in [0.1, 0.15) is 0 Å². The average Bonchev–Trinajstić information content (AvgIpc) is 2.88. The summed E-state index contributed by atoms with van der Waals surface area (Å²) in [7, 11) is 0. The number of alkyl halides is 3. The minimum atomic E-state index is -4.27. The number of rotatable bonds is 1. The van der Waals surface area contributed by atoms with Gasteiger partial charge in [0.2, 0.25) is 0 Å². The van der Waals surface area contributed by atoms with Gasteiger partial charge in [-0.2, -0.15) is 13.2 Å². The summed E-state index contributed by atoms with van der Waals surface area (Å²) in [4.78, 5) is 0. The number of hydrogen-bond acceptors (Lipinski definition) is 1. The summed E-state index contributed by atoms with van der Waals surface area (Å²) in [6, 6.07) is 5.48. The molecule has 4 heteroatoms. The van der Waals surface area contributed by atoms with Crippen LogP contribution in [-0.2, 0) is 6.18 Å². The van der Waals surface area contributed by atoms with E-state index in [1.807, 2.05) is 0 Å². The predicted molar refractivity (Wildman–Crippen MR) is 62.9 cm³/mol. The Morgan fingerprint density at radius 3 is 2.11 bits per heavy atom. The van der Waals surface area contributed by atoms with Gasteiger partial charge < -0.3 is 5.73 Å². The van der Waals surface area contributed by atoms with Gasteiger partial charge in [-0.3, -0.25) is 0 Å². The number of halogens is 3. The van der Waals surface area contributed by atoms with Crippen LogP contribution < -0.4 is 5.73 Å². The van der Waals surface area contributed by atoms with Crippen LogP contribution >= 0.6 is 0 Å². The Morgan fingerprint density at radius 2 is 1.61 bits per heavy atom. The van der Waals surface area contributed by atoms with Crippen LogP contribution in [0.25, 0.3) is 0 Å². The Bertz CT molecular complexity index is 475. The molecular weight excluding hydrogens is 239 g/mol. The molecule has 1 aromatic rings. The highest BCUT2D eigenvalue weighted by atomic mass is 19.4. The molecule has 0 radical (unpaired) electrons. The molecule has 0 saturated heterocycles. The number of benzene rings is 1. The van der Waals surface area contributed by atoms with Crippen molar-refractivity contribution < 1.29 is 13.2 Å². The maximum Gasteiger partial charge on any atom is 0.416 e. The lowest BCUT2D eigenvalue weighted by atomic mass is 9.83. The van der Waals surface area contributed by atoms with Gasteiger partial charge >= 0.3 is 6.18 Å². The third-order valence-electron chi connectivity index (χ3n) is 4.14. The molecule has 2 aliphatic rings. The van der Waals surface area contributed by atoms with Crippen molar-refractivity contribution in [2.45, 2.75) is 24.6 Å². The molecule has 4 atom stereocenters. The van der Waals surface area contributed by atoms with Gasteiger partial charge in [-0.25, -0.2) is 0 Å². The maximum absolute atomic E-state index is 12.5. The molecule has 18 heavy (non-hydrogen) atoms. The van der Waals surface area contributed by atoms with E-state index in [0.29, 0.717) is 11.8 Å². The van der Waals surface area contributed by atoms with E-state index in [9.17, 15) is 13.2 Å². The van der Waals surface area contributed by atoms with Gasteiger partial charge in [0.05, 0.1) is 5.56 Å². The van der Waals surface area contributed by atoms with Gasteiger partial charge in [0, 0.05) is 12.0 Å². The normalized spacial score (nSPS) is 34.2. The Labute approximate surface area is 103 Å². The molecule has 1 aromatic carbocycles. The number of hydrogen-bond donors (Lipinski definition) is 1. The van der Waals surface area contributed by atoms with E-state index >= 15 is 0 Å². The SMILES string of the molecule is NC1[C@@H]2C=C[C@@H](C2)[C@H]1c1ccc(C(F)(F)F)cc1. The van der Waals surface area contributed by atoms with Crippen LogP contribution in [0.3, 0.4) is 0 Å². The second-order valence-corrected chi connectivity index (χ2v) is 5.17. The second kappa shape index (κ2) is 3.85. The van der Waals surface area contributed by atoms with E-state index in [4.69, 9.17) is 5.73 Å². The Kier molecular flexibility index (Phi) is 2.52. The first kappa shape index (κ1) is 11.8. The molecule has 1 nitrogen and oxygen atoms in total. The minimum absolute atomic E-state index is 0.0386. The Hall–Kier alpha value is -1.29. The summed E-state index contributed by atoms with van der Waals surface area (Å²) >= 11 is 0. The summed E-state index contributed by atoms with van der Waals surface area (Å²) in [5.41, 5.74) is 6.47. The molecule has 0 spiro atoms. The summed E-state index contributed by atoms with van der Waals surface area (Å²) in [6.07, 6.45) is 1.05. The Balaban J connectivity index is 1.88. The minimum Gasteiger partial charge on any atom is -0.327 e. The number of fused-ring (bicyclic) bond motifs is 2. The molecule has 3 rings (SSSR count). The standard InChI is InChI=1S/C14H14F3N/c15-14(16,17)11-5-3-8(4-6-11)12-9-1-2-10(7-9)13(12)18/h1-6,9-10,12-13H,7,18H2/t9-,10+,12+,13?/m0/s1. The van der Waals surface area contributed by atoms with Gasteiger partial charge in [-0.15, -0.1) is 0 Å². The highest BCUT2D eigenvalue weighted by molar-refractivity contribution is 5.33. The summed E-state index contributed by atoms with van der Waals surface area (Å²) in [5.74, 6) is 0.950. The fourth-order valence-electron chi connectivity index (χ4n) is 3.22. The quantitative estimate of drug-likeness (QED) is 0.763. The van der Waals surface area contributed by atoms with E-state index < -0.39 is 11.7 Å². The summed E-state index contributed by atoms with van der Waals surface area (Å²) in [6.45, 7) is 0. The monoisotopic (exact) mass is 253 g/mol. The molecule has 96 valence electrons. The van der Waals surface area contributed by atoms with E-state index in [0.717, 1.165) is 24.1 Å². The molecule has 2 aliphatic carbocycles. The van der Waals surface area contributed by atoms with Crippen LogP contribution in [0.15, 0.2) is 36.4 Å². The zero-order chi connectivity index (χ0) is 12.9. The lowest BCUT2D eigenvalue weighted by Crippen LogP contribution is -2.32. The van der Waals surface area contributed by atoms with Crippen molar-refractivity contribution in [3.8, 4) is 0 Å². The van der Waals surface area contributed by atoms with Crippen molar-refractivity contribution in [1.82, 2.24) is 0 Å². The Morgan fingerprint density at radius 1 is 1.00 bits per heavy atom. The highest BCUT2D eigenvalue weighted by Crippen LogP contribution is 2.48. The zero-order valence-electron chi connectivity index (χ0n) is 9.69. The molecule has 0 heterocycles. The van der Waals surface area contributed by atoms with Crippen LogP contribution in [0.2, 0.25) is 0 Å². The molecule has 2 bridgehead atoms. The van der Waals surface area contributed by atoms with Crippen molar-refractivity contribution in [2.75, 3.05) is 0 Å². The first-order chi connectivity index (χ1) is 8.47. The average molecular weight is 253 g/mol. The van der Waals surface area contributed by atoms with Crippen LogP contribution in [0.5, 0.6) is 0 Å². The number of allylic oxidation sites excluding steroid dienone is 1. The van der Waals surface area contributed by atoms with Crippen LogP contribution in [0.1, 0.15) is 23.5 Å². The zero-order valence-corrected chi connectivity index (χ0v) is 9.69. The van der Waals surface area contributed by atoms with E-state index in [2.05, 4.69) is 12.2 Å². The summed E-state index contributed by atoms with van der Waals surface area (Å²) in [5, 5.41) is 0. The van der Waals surface area contributed by atoms with Crippen LogP contribution in [0.4, 0.5) is 13.2 Å². The van der Waals surface area contributed by atoms with Gasteiger partial charge in [-0.1, -0.05) is 24.3 Å². The maximum atomic E-state index is 12.5. The first-order valence-electron chi connectivity index (χ1n) is 6.08. The van der Waals surface area contributed by atoms with Crippen molar-refractivity contribution in [3.63, 3.8) is 0 Å². The lowest BCUT2D eigenvalue weighted by molar-refractivity contribution is -0.137. The molecule has 1 fully saturated rings. The second-order valence-electron chi connectivity index (χ2n) is 5.17. The molecule has 0 aliphatic heterocycles. The smallest absolute Gasteiger partial charge is 0.327 e. The molecule has 0 amide bonds. The van der Waals surface area contributed by atoms with E-state index in [-0.39, 0.29) is 12.0 Å².